The van der Waals surface area contributed by atoms with Crippen molar-refractivity contribution in [3.8, 4) is 0 Å². The van der Waals surface area contributed by atoms with Gasteiger partial charge in [-0.3, -0.25) is 4.90 Å². The molecule has 0 spiro atoms. The zero-order chi connectivity index (χ0) is 21.3. The molecule has 7 heteroatoms. The summed E-state index contributed by atoms with van der Waals surface area (Å²) in [5.74, 6) is 0. The number of hydrogen-bond donors (Lipinski definition) is 1. The number of aliphatic hydroxyl groups is 1. The van der Waals surface area contributed by atoms with Gasteiger partial charge >= 0.3 is 6.09 Å². The van der Waals surface area contributed by atoms with E-state index in [1.807, 2.05) is 26.8 Å². The van der Waals surface area contributed by atoms with Crippen LogP contribution in [-0.4, -0.2) is 61.1 Å². The summed E-state index contributed by atoms with van der Waals surface area (Å²) in [4.78, 5) is 14.1. The fourth-order valence-corrected chi connectivity index (χ4v) is 3.49. The highest BCUT2D eigenvalue weighted by Crippen LogP contribution is 2.36. The van der Waals surface area contributed by atoms with E-state index < -0.39 is 37.9 Å². The van der Waals surface area contributed by atoms with E-state index in [0.29, 0.717) is 6.61 Å². The fourth-order valence-electron chi connectivity index (χ4n) is 2.55. The van der Waals surface area contributed by atoms with Gasteiger partial charge in [0.25, 0.3) is 0 Å². The minimum atomic E-state index is -1.83. The molecule has 0 saturated carbocycles. The lowest BCUT2D eigenvalue weighted by Gasteiger charge is -2.36. The fraction of sp³-hybridized carbons (Fsp3) is 0.850. The Kier molecular flexibility index (Phi) is 7.36. The molecule has 27 heavy (non-hydrogen) atoms. The number of carbonyl (C=O) groups excluding carboxylic acids is 1. The minimum absolute atomic E-state index is 0.135. The number of carbonyl (C=O) groups is 1. The molecule has 6 nitrogen and oxygen atoms in total. The Labute approximate surface area is 166 Å². The van der Waals surface area contributed by atoms with Gasteiger partial charge in [-0.25, -0.2) is 4.79 Å². The normalized spacial score (nSPS) is 22.3. The lowest BCUT2D eigenvalue weighted by Crippen LogP contribution is -2.53. The van der Waals surface area contributed by atoms with E-state index in [-0.39, 0.29) is 11.6 Å². The van der Waals surface area contributed by atoms with Gasteiger partial charge < -0.3 is 19.0 Å². The van der Waals surface area contributed by atoms with E-state index in [2.05, 4.69) is 33.9 Å². The van der Waals surface area contributed by atoms with Crippen molar-refractivity contribution in [2.24, 2.45) is 0 Å². The summed E-state index contributed by atoms with van der Waals surface area (Å²) in [6.45, 7) is 20.7. The molecule has 1 saturated heterocycles. The summed E-state index contributed by atoms with van der Waals surface area (Å²) in [5, 5.41) is 10.8. The van der Waals surface area contributed by atoms with Gasteiger partial charge in [-0.15, -0.1) is 0 Å². The monoisotopic (exact) mass is 401 g/mol. The van der Waals surface area contributed by atoms with Crippen molar-refractivity contribution in [1.82, 2.24) is 4.90 Å². The van der Waals surface area contributed by atoms with Gasteiger partial charge in [-0.2, -0.15) is 0 Å². The van der Waals surface area contributed by atoms with Crippen LogP contribution in [0.1, 0.15) is 55.4 Å². The zero-order valence-electron chi connectivity index (χ0n) is 18.8. The molecule has 0 radical (unpaired) electrons. The first kappa shape index (κ1) is 24.1. The van der Waals surface area contributed by atoms with Crippen molar-refractivity contribution in [3.63, 3.8) is 0 Å². The van der Waals surface area contributed by atoms with Crippen LogP contribution in [0.15, 0.2) is 12.2 Å². The lowest BCUT2D eigenvalue weighted by molar-refractivity contribution is -0.0661. The van der Waals surface area contributed by atoms with Crippen LogP contribution >= 0.6 is 0 Å². The van der Waals surface area contributed by atoms with Crippen LogP contribution in [0.4, 0.5) is 4.79 Å². The van der Waals surface area contributed by atoms with Gasteiger partial charge in [0.05, 0.1) is 25.4 Å². The van der Waals surface area contributed by atoms with Crippen molar-refractivity contribution in [2.75, 3.05) is 13.2 Å². The molecular formula is C20H39NO5Si. The highest BCUT2D eigenvalue weighted by molar-refractivity contribution is 6.74. The molecule has 1 rings (SSSR count). The Bertz CT molecular complexity index is 546. The number of rotatable bonds is 5. The third kappa shape index (κ3) is 6.59. The van der Waals surface area contributed by atoms with E-state index >= 15 is 0 Å². The maximum Gasteiger partial charge on any atom is 0.413 e. The number of nitrogens with zero attached hydrogens (tertiary/aromatic N) is 1. The second-order valence-electron chi connectivity index (χ2n) is 10.2. The molecule has 158 valence electrons. The predicted octanol–water partition coefficient (Wildman–Crippen LogP) is 4.30. The summed E-state index contributed by atoms with van der Waals surface area (Å²) >= 11 is 0. The predicted molar refractivity (Wildman–Crippen MR) is 110 cm³/mol. The number of hydrogen-bond acceptors (Lipinski definition) is 5. The molecule has 0 aromatic heterocycles. The Balaban J connectivity index is 2.77. The summed E-state index contributed by atoms with van der Waals surface area (Å²) in [6.07, 6.45) is 2.16. The van der Waals surface area contributed by atoms with E-state index in [1.54, 1.807) is 19.9 Å². The van der Waals surface area contributed by atoms with Crippen LogP contribution in [0.2, 0.25) is 18.1 Å². The van der Waals surface area contributed by atoms with Gasteiger partial charge in [-0.1, -0.05) is 32.9 Å². The van der Waals surface area contributed by atoms with Gasteiger partial charge in [-0.05, 0) is 52.8 Å². The molecule has 0 aromatic rings. The van der Waals surface area contributed by atoms with Crippen LogP contribution in [-0.2, 0) is 13.9 Å². The second-order valence-corrected chi connectivity index (χ2v) is 15.0. The third-order valence-electron chi connectivity index (χ3n) is 5.18. The van der Waals surface area contributed by atoms with Crippen LogP contribution in [0.3, 0.4) is 0 Å². The van der Waals surface area contributed by atoms with Crippen molar-refractivity contribution in [1.29, 1.82) is 0 Å². The van der Waals surface area contributed by atoms with Crippen molar-refractivity contribution in [2.45, 2.75) is 97.0 Å². The van der Waals surface area contributed by atoms with Gasteiger partial charge in [0.15, 0.2) is 8.32 Å². The maximum absolute atomic E-state index is 12.6. The second kappa shape index (κ2) is 8.23. The number of ether oxygens (including phenoxy) is 2. The van der Waals surface area contributed by atoms with Crippen LogP contribution in [0.25, 0.3) is 0 Å². The summed E-state index contributed by atoms with van der Waals surface area (Å²) in [6, 6.07) is -0.501. The topological polar surface area (TPSA) is 68.2 Å². The smallest absolute Gasteiger partial charge is 0.413 e. The molecular weight excluding hydrogens is 362 g/mol. The highest BCUT2D eigenvalue weighted by Gasteiger charge is 2.47. The summed E-state index contributed by atoms with van der Waals surface area (Å²) < 4.78 is 17.3. The standard InChI is InChI=1S/C20H39NO5Si/c1-18(2,3)26-17(23)21-15(14-24-20(21,7)8)16(22)12-11-13-25-27(9,10)19(4,5)6/h11-12,15-16,22H,13-14H2,1-10H3/b12-11-/t15-,16-/m0/s1. The number of aliphatic hydroxyl groups excluding tert-OH is 1. The molecule has 0 bridgehead atoms. The molecule has 0 aliphatic carbocycles. The quantitative estimate of drug-likeness (QED) is 0.549. The Morgan fingerprint density at radius 1 is 1.30 bits per heavy atom. The van der Waals surface area contributed by atoms with Gasteiger partial charge in [0.2, 0.25) is 0 Å². The molecule has 0 aromatic carbocycles. The molecule has 1 N–H and O–H groups in total. The van der Waals surface area contributed by atoms with E-state index in [0.717, 1.165) is 0 Å². The molecule has 1 heterocycles. The third-order valence-corrected chi connectivity index (χ3v) is 9.68. The Morgan fingerprint density at radius 2 is 1.85 bits per heavy atom. The molecule has 1 amide bonds. The first-order valence-electron chi connectivity index (χ1n) is 9.63. The van der Waals surface area contributed by atoms with E-state index in [9.17, 15) is 9.90 Å². The maximum atomic E-state index is 12.6. The van der Waals surface area contributed by atoms with Crippen LogP contribution < -0.4 is 0 Å². The Morgan fingerprint density at radius 3 is 2.33 bits per heavy atom. The van der Waals surface area contributed by atoms with E-state index in [4.69, 9.17) is 13.9 Å². The number of amides is 1. The van der Waals surface area contributed by atoms with Crippen molar-refractivity contribution < 1.29 is 23.8 Å². The SMILES string of the molecule is CC(C)(C)OC(=O)N1[C@H]([C@@H](O)/C=C\CO[Si](C)(C)C(C)(C)C)COC1(C)C. The van der Waals surface area contributed by atoms with Crippen LogP contribution in [0.5, 0.6) is 0 Å². The van der Waals surface area contributed by atoms with Crippen molar-refractivity contribution in [3.05, 3.63) is 12.2 Å². The van der Waals surface area contributed by atoms with Gasteiger partial charge in [0, 0.05) is 0 Å². The molecule has 0 unspecified atom stereocenters. The molecule has 1 fully saturated rings. The van der Waals surface area contributed by atoms with Crippen molar-refractivity contribution >= 4 is 14.4 Å². The van der Waals surface area contributed by atoms with E-state index in [1.165, 1.54) is 4.90 Å². The van der Waals surface area contributed by atoms with Gasteiger partial charge in [0.1, 0.15) is 11.3 Å². The highest BCUT2D eigenvalue weighted by atomic mass is 28.4. The van der Waals surface area contributed by atoms with Crippen LogP contribution in [0, 0.1) is 0 Å². The average molecular weight is 402 g/mol. The zero-order valence-corrected chi connectivity index (χ0v) is 19.8. The summed E-state index contributed by atoms with van der Waals surface area (Å²) in [5.41, 5.74) is -1.45. The lowest BCUT2D eigenvalue weighted by atomic mass is 10.1. The summed E-state index contributed by atoms with van der Waals surface area (Å²) in [7, 11) is -1.83. The average Bonchev–Trinajstić information content (AvgIpc) is 2.76. The Hall–Kier alpha value is -0.893. The largest absolute Gasteiger partial charge is 0.444 e. The first-order valence-corrected chi connectivity index (χ1v) is 12.5. The molecule has 1 aliphatic heterocycles. The molecule has 1 aliphatic rings. The molecule has 2 atom stereocenters. The first-order chi connectivity index (χ1) is 12.0. The minimum Gasteiger partial charge on any atom is -0.444 e.